The average molecular weight is 386 g/mol. The maximum atomic E-state index is 12.8. The van der Waals surface area contributed by atoms with E-state index in [-0.39, 0.29) is 19.3 Å². The summed E-state index contributed by atoms with van der Waals surface area (Å²) >= 11 is 0. The molecular formula is C16H23FN4O6. The first-order valence-corrected chi connectivity index (χ1v) is 8.41. The van der Waals surface area contributed by atoms with Crippen LogP contribution in [0.25, 0.3) is 0 Å². The van der Waals surface area contributed by atoms with E-state index in [0.717, 1.165) is 10.6 Å². The van der Waals surface area contributed by atoms with Gasteiger partial charge in [0.25, 0.3) is 0 Å². The van der Waals surface area contributed by atoms with Gasteiger partial charge in [0.2, 0.25) is 11.8 Å². The summed E-state index contributed by atoms with van der Waals surface area (Å²) in [6.45, 7) is 0.600. The summed E-state index contributed by atoms with van der Waals surface area (Å²) in [6, 6.07) is 0.118. The molecule has 11 heteroatoms. The van der Waals surface area contributed by atoms with Crippen molar-refractivity contribution in [3.05, 3.63) is 38.8 Å². The lowest BCUT2D eigenvalue weighted by molar-refractivity contribution is -0.386. The average Bonchev–Trinajstić information content (AvgIpc) is 2.62. The molecule has 0 fully saturated rings. The monoisotopic (exact) mass is 386 g/mol. The normalized spacial score (nSPS) is 14.2. The minimum absolute atomic E-state index is 0.0885. The zero-order valence-corrected chi connectivity index (χ0v) is 14.8. The molecule has 1 rings (SSSR count). The van der Waals surface area contributed by atoms with Gasteiger partial charge in [-0.15, -0.1) is 0 Å². The van der Waals surface area contributed by atoms with Crippen molar-refractivity contribution in [3.63, 3.8) is 0 Å². The summed E-state index contributed by atoms with van der Waals surface area (Å²) in [5.74, 6) is -1.40. The number of alkyl halides is 1. The maximum Gasteiger partial charge on any atom is 0.334 e. The molecule has 3 atom stereocenters. The first-order valence-electron chi connectivity index (χ1n) is 8.41. The van der Waals surface area contributed by atoms with Crippen molar-refractivity contribution in [2.75, 3.05) is 6.67 Å². The van der Waals surface area contributed by atoms with Crippen LogP contribution >= 0.6 is 0 Å². The van der Waals surface area contributed by atoms with E-state index in [9.17, 15) is 34.0 Å². The molecule has 0 aliphatic heterocycles. The number of pyridine rings is 1. The minimum Gasteiger partial charge on any atom is -0.388 e. The van der Waals surface area contributed by atoms with Gasteiger partial charge in [0, 0.05) is 18.7 Å². The van der Waals surface area contributed by atoms with Crippen LogP contribution in [0.2, 0.25) is 0 Å². The van der Waals surface area contributed by atoms with E-state index in [2.05, 4.69) is 5.32 Å². The van der Waals surface area contributed by atoms with Crippen molar-refractivity contribution in [2.45, 2.75) is 50.8 Å². The van der Waals surface area contributed by atoms with Gasteiger partial charge in [0.15, 0.2) is 0 Å². The van der Waals surface area contributed by atoms with E-state index in [1.54, 1.807) is 6.92 Å². The standard InChI is InChI=1S/C16H23FN4O6/c1-2-4-11(20-8-3-5-12(16(20)25)21(26)27)15(24)19-10(13(22)9-17)6-7-14(18)23/h3,5,8,10-11,13,22H,2,4,6-7,9H2,1H3,(H2,18,23)(H,19,24). The van der Waals surface area contributed by atoms with Gasteiger partial charge in [-0.1, -0.05) is 13.3 Å². The molecule has 1 heterocycles. The number of nitrogens with two attached hydrogens (primary N) is 1. The molecule has 0 saturated heterocycles. The summed E-state index contributed by atoms with van der Waals surface area (Å²) < 4.78 is 13.8. The molecule has 1 aromatic rings. The summed E-state index contributed by atoms with van der Waals surface area (Å²) in [4.78, 5) is 46.0. The number of hydrogen-bond donors (Lipinski definition) is 3. The fourth-order valence-corrected chi connectivity index (χ4v) is 2.60. The second kappa shape index (κ2) is 10.4. The molecule has 150 valence electrons. The number of carbonyl (C=O) groups excluding carboxylic acids is 2. The maximum absolute atomic E-state index is 12.8. The summed E-state index contributed by atoms with van der Waals surface area (Å²) in [5, 5.41) is 23.1. The van der Waals surface area contributed by atoms with Gasteiger partial charge in [0.05, 0.1) is 11.0 Å². The lowest BCUT2D eigenvalue weighted by Crippen LogP contribution is -2.48. The van der Waals surface area contributed by atoms with Crippen molar-refractivity contribution in [2.24, 2.45) is 5.73 Å². The van der Waals surface area contributed by atoms with Gasteiger partial charge in [-0.2, -0.15) is 0 Å². The Bertz CT molecular complexity index is 738. The second-order valence-corrected chi connectivity index (χ2v) is 6.01. The molecule has 2 amide bonds. The largest absolute Gasteiger partial charge is 0.388 e. The molecule has 0 aliphatic rings. The van der Waals surface area contributed by atoms with E-state index in [4.69, 9.17) is 5.73 Å². The van der Waals surface area contributed by atoms with Crippen LogP contribution < -0.4 is 16.6 Å². The SMILES string of the molecule is CCCC(C(=O)NC(CCC(N)=O)C(O)CF)n1cccc([N+](=O)[O-])c1=O. The fraction of sp³-hybridized carbons (Fsp3) is 0.562. The quantitative estimate of drug-likeness (QED) is 0.363. The Labute approximate surface area is 154 Å². The third kappa shape index (κ3) is 6.13. The van der Waals surface area contributed by atoms with Crippen LogP contribution in [0.5, 0.6) is 0 Å². The number of carbonyl (C=O) groups is 2. The Kier molecular flexibility index (Phi) is 8.52. The number of nitrogens with one attached hydrogen (secondary N) is 1. The van der Waals surface area contributed by atoms with Crippen molar-refractivity contribution >= 4 is 17.5 Å². The van der Waals surface area contributed by atoms with Crippen molar-refractivity contribution < 1.29 is 24.0 Å². The third-order valence-corrected chi connectivity index (χ3v) is 4.00. The van der Waals surface area contributed by atoms with E-state index in [1.165, 1.54) is 12.3 Å². The first-order chi connectivity index (χ1) is 12.7. The van der Waals surface area contributed by atoms with Crippen molar-refractivity contribution in [1.82, 2.24) is 9.88 Å². The Morgan fingerprint density at radius 3 is 2.63 bits per heavy atom. The molecule has 3 unspecified atom stereocenters. The smallest absolute Gasteiger partial charge is 0.334 e. The van der Waals surface area contributed by atoms with Gasteiger partial charge in [-0.3, -0.25) is 29.1 Å². The van der Waals surface area contributed by atoms with Gasteiger partial charge < -0.3 is 16.2 Å². The number of nitrogens with zero attached hydrogens (tertiary/aromatic N) is 2. The van der Waals surface area contributed by atoms with Crippen LogP contribution in [0, 0.1) is 10.1 Å². The zero-order chi connectivity index (χ0) is 20.6. The molecule has 0 radical (unpaired) electrons. The Hall–Kier alpha value is -2.82. The molecule has 0 aliphatic carbocycles. The predicted molar refractivity (Wildman–Crippen MR) is 93.6 cm³/mol. The lowest BCUT2D eigenvalue weighted by Gasteiger charge is -2.25. The van der Waals surface area contributed by atoms with E-state index in [1.807, 2.05) is 0 Å². The Balaban J connectivity index is 3.13. The Morgan fingerprint density at radius 2 is 2.11 bits per heavy atom. The molecule has 0 aromatic carbocycles. The molecular weight excluding hydrogens is 363 g/mol. The predicted octanol–water partition coefficient (Wildman–Crippen LogP) is 0.178. The van der Waals surface area contributed by atoms with Crippen LogP contribution in [-0.4, -0.2) is 45.2 Å². The lowest BCUT2D eigenvalue weighted by atomic mass is 10.0. The summed E-state index contributed by atoms with van der Waals surface area (Å²) in [5.41, 5.74) is 3.41. The number of nitro groups is 1. The summed E-state index contributed by atoms with van der Waals surface area (Å²) in [6.07, 6.45) is 0.0782. The molecule has 1 aromatic heterocycles. The second-order valence-electron chi connectivity index (χ2n) is 6.01. The number of aromatic nitrogens is 1. The molecule has 4 N–H and O–H groups in total. The van der Waals surface area contributed by atoms with Crippen LogP contribution in [0.15, 0.2) is 23.1 Å². The highest BCUT2D eigenvalue weighted by Crippen LogP contribution is 2.16. The first kappa shape index (κ1) is 22.2. The number of amides is 2. The number of primary amides is 1. The van der Waals surface area contributed by atoms with Gasteiger partial charge in [-0.25, -0.2) is 4.39 Å². The van der Waals surface area contributed by atoms with Gasteiger partial charge in [-0.05, 0) is 18.9 Å². The Morgan fingerprint density at radius 1 is 1.44 bits per heavy atom. The zero-order valence-electron chi connectivity index (χ0n) is 14.8. The number of aliphatic hydroxyl groups is 1. The number of hydrogen-bond acceptors (Lipinski definition) is 6. The highest BCUT2D eigenvalue weighted by Gasteiger charge is 2.28. The molecule has 27 heavy (non-hydrogen) atoms. The van der Waals surface area contributed by atoms with Crippen LogP contribution in [0.1, 0.15) is 38.6 Å². The molecule has 10 nitrogen and oxygen atoms in total. The summed E-state index contributed by atoms with van der Waals surface area (Å²) in [7, 11) is 0. The van der Waals surface area contributed by atoms with Crippen LogP contribution in [0.4, 0.5) is 10.1 Å². The third-order valence-electron chi connectivity index (χ3n) is 4.00. The topological polar surface area (TPSA) is 158 Å². The number of rotatable bonds is 11. The molecule has 0 saturated carbocycles. The fourth-order valence-electron chi connectivity index (χ4n) is 2.60. The minimum atomic E-state index is -1.56. The van der Waals surface area contributed by atoms with Crippen LogP contribution in [-0.2, 0) is 9.59 Å². The van der Waals surface area contributed by atoms with Crippen LogP contribution in [0.3, 0.4) is 0 Å². The van der Waals surface area contributed by atoms with E-state index >= 15 is 0 Å². The van der Waals surface area contributed by atoms with Gasteiger partial charge in [0.1, 0.15) is 18.8 Å². The molecule has 0 bridgehead atoms. The van der Waals surface area contributed by atoms with Gasteiger partial charge >= 0.3 is 11.2 Å². The van der Waals surface area contributed by atoms with Crippen molar-refractivity contribution in [3.8, 4) is 0 Å². The van der Waals surface area contributed by atoms with Crippen molar-refractivity contribution in [1.29, 1.82) is 0 Å². The number of aliphatic hydroxyl groups excluding tert-OH is 1. The molecule has 0 spiro atoms. The highest BCUT2D eigenvalue weighted by molar-refractivity contribution is 5.81. The number of halogens is 1. The highest BCUT2D eigenvalue weighted by atomic mass is 19.1. The van der Waals surface area contributed by atoms with E-state index < -0.39 is 52.8 Å². The van der Waals surface area contributed by atoms with E-state index in [0.29, 0.717) is 6.42 Å².